The number of ether oxygens (including phenoxy) is 4. The maximum Gasteiger partial charge on any atom is 0.335 e. The Balaban J connectivity index is 1.19. The van der Waals surface area contributed by atoms with Gasteiger partial charge in [0, 0.05) is 16.7 Å². The number of allylic oxidation sites excluding steroid dienone is 1. The maximum absolute atomic E-state index is 18.2. The smallest absolute Gasteiger partial charge is 0.335 e. The Morgan fingerprint density at radius 3 is 2.74 bits per heavy atom. The predicted octanol–water partition coefficient (Wildman–Crippen LogP) is 4.51. The Labute approximate surface area is 243 Å². The van der Waals surface area contributed by atoms with Gasteiger partial charge in [-0.15, -0.1) is 0 Å². The van der Waals surface area contributed by atoms with Crippen LogP contribution in [0.15, 0.2) is 36.0 Å². The highest BCUT2D eigenvalue weighted by Crippen LogP contribution is 2.74. The van der Waals surface area contributed by atoms with Crippen molar-refractivity contribution in [3.8, 4) is 5.69 Å². The summed E-state index contributed by atoms with van der Waals surface area (Å²) in [5, 5.41) is 26.1. The number of nitrogens with zero attached hydrogens (tertiary/aromatic N) is 2. The van der Waals surface area contributed by atoms with Crippen molar-refractivity contribution in [2.24, 2.45) is 28.6 Å². The van der Waals surface area contributed by atoms with E-state index >= 15 is 4.39 Å². The zero-order chi connectivity index (χ0) is 29.3. The van der Waals surface area contributed by atoms with Gasteiger partial charge in [-0.2, -0.15) is 5.10 Å². The molecule has 6 aliphatic rings. The van der Waals surface area contributed by atoms with Crippen molar-refractivity contribution in [3.05, 3.63) is 52.9 Å². The molecule has 2 aromatic rings. The first-order chi connectivity index (χ1) is 20.0. The van der Waals surface area contributed by atoms with E-state index in [4.69, 9.17) is 18.9 Å². The molecule has 3 saturated carbocycles. The summed E-state index contributed by atoms with van der Waals surface area (Å²) in [6, 6.07) is 6.67. The summed E-state index contributed by atoms with van der Waals surface area (Å²) in [7, 11) is 0. The molecular weight excluding hydrogens is 543 g/mol. The van der Waals surface area contributed by atoms with Crippen LogP contribution >= 0.6 is 0 Å². The van der Waals surface area contributed by atoms with Crippen molar-refractivity contribution in [3.63, 3.8) is 0 Å². The number of carboxylic acid groups (broad SMARTS) is 1. The van der Waals surface area contributed by atoms with Crippen LogP contribution in [0.25, 0.3) is 11.8 Å². The van der Waals surface area contributed by atoms with Crippen molar-refractivity contribution in [2.45, 2.75) is 76.0 Å². The summed E-state index contributed by atoms with van der Waals surface area (Å²) in [6.45, 7) is 6.73. The topological polar surface area (TPSA) is 112 Å². The zero-order valence-electron chi connectivity index (χ0n) is 24.1. The van der Waals surface area contributed by atoms with Crippen molar-refractivity contribution < 1.29 is 38.3 Å². The first-order valence-corrected chi connectivity index (χ1v) is 15.0. The number of hydrogen-bond donors (Lipinski definition) is 2. The predicted molar refractivity (Wildman–Crippen MR) is 147 cm³/mol. The SMILES string of the molecule is C[C@H]1C[C@H]2[C@@H]3CCC4=Cc5c(cnn5-c5cccc(C(=O)O)c5)C[C@]4(C)[C@@]3(F)[C@@H](O)C[C@]2(C)[C@]12OCO[C@]21COCO1. The van der Waals surface area contributed by atoms with E-state index in [-0.39, 0.29) is 49.9 Å². The summed E-state index contributed by atoms with van der Waals surface area (Å²) in [6.07, 6.45) is 5.28. The van der Waals surface area contributed by atoms with Gasteiger partial charge in [-0.3, -0.25) is 0 Å². The Kier molecular flexibility index (Phi) is 5.46. The molecule has 9 atom stereocenters. The molecule has 0 radical (unpaired) electrons. The minimum absolute atomic E-state index is 0.0220. The minimum Gasteiger partial charge on any atom is -0.478 e. The number of carbonyl (C=O) groups is 1. The molecule has 0 bridgehead atoms. The zero-order valence-corrected chi connectivity index (χ0v) is 24.1. The normalized spacial score (nSPS) is 45.4. The third-order valence-corrected chi connectivity index (χ3v) is 12.3. The second-order valence-corrected chi connectivity index (χ2v) is 13.8. The summed E-state index contributed by atoms with van der Waals surface area (Å²) in [5.74, 6) is -2.45. The standard InChI is InChI=1S/C32H37FN2O7/c1-18-9-24-23-8-7-21-11-25-20(14-34-35(25)22-6-4-5-19(10-22)27(37)38)12-28(21,2)31(23,33)26(36)13-29(24,3)32(18)30(41-17-42-32)15-39-16-40-30/h4-6,10-11,14,18,23-24,26,36H,7-9,12-13,15-17H2,1-3H3,(H,37,38)/t18-,23-,24-,26-,28-,29-,30+,31-,32+/m0/s1. The number of aliphatic hydroxyl groups excluding tert-OH is 1. The molecule has 0 unspecified atom stereocenters. The summed E-state index contributed by atoms with van der Waals surface area (Å²) >= 11 is 0. The van der Waals surface area contributed by atoms with Crippen LogP contribution in [-0.2, 0) is 25.4 Å². The van der Waals surface area contributed by atoms with E-state index in [9.17, 15) is 15.0 Å². The molecule has 42 heavy (non-hydrogen) atoms. The average molecular weight is 581 g/mol. The fraction of sp³-hybridized carbons (Fsp3) is 0.625. The highest BCUT2D eigenvalue weighted by Gasteiger charge is 2.81. The third-order valence-electron chi connectivity index (χ3n) is 12.3. The molecule has 1 aromatic heterocycles. The molecule has 2 aliphatic heterocycles. The Hall–Kier alpha value is -2.63. The van der Waals surface area contributed by atoms with Crippen molar-refractivity contribution in [1.29, 1.82) is 0 Å². The number of aromatic carboxylic acids is 1. The number of rotatable bonds is 2. The second kappa shape index (κ2) is 8.51. The second-order valence-electron chi connectivity index (χ2n) is 13.8. The number of alkyl halides is 1. The Bertz CT molecular complexity index is 1510. The van der Waals surface area contributed by atoms with E-state index in [0.29, 0.717) is 24.9 Å². The molecule has 5 fully saturated rings. The van der Waals surface area contributed by atoms with E-state index in [1.807, 2.05) is 19.1 Å². The monoisotopic (exact) mass is 580 g/mol. The third kappa shape index (κ3) is 2.95. The molecule has 9 nitrogen and oxygen atoms in total. The van der Waals surface area contributed by atoms with Gasteiger partial charge in [0.2, 0.25) is 5.79 Å². The number of halogens is 1. The molecule has 2 spiro atoms. The van der Waals surface area contributed by atoms with Crippen LogP contribution < -0.4 is 0 Å². The van der Waals surface area contributed by atoms with E-state index < -0.39 is 40.0 Å². The molecule has 2 saturated heterocycles. The number of hydrogen-bond acceptors (Lipinski definition) is 7. The molecule has 2 N–H and O–H groups in total. The molecule has 8 rings (SSSR count). The van der Waals surface area contributed by atoms with Gasteiger partial charge >= 0.3 is 5.97 Å². The Morgan fingerprint density at radius 1 is 1.17 bits per heavy atom. The van der Waals surface area contributed by atoms with Crippen LogP contribution in [0.3, 0.4) is 0 Å². The number of carboxylic acids is 1. The molecule has 0 amide bonds. The van der Waals surface area contributed by atoms with Crippen molar-refractivity contribution in [1.82, 2.24) is 9.78 Å². The summed E-state index contributed by atoms with van der Waals surface area (Å²) in [4.78, 5) is 11.6. The summed E-state index contributed by atoms with van der Waals surface area (Å²) < 4.78 is 44.3. The largest absolute Gasteiger partial charge is 0.478 e. The van der Waals surface area contributed by atoms with Crippen LogP contribution in [0, 0.1) is 28.6 Å². The van der Waals surface area contributed by atoms with Gasteiger partial charge in [0.05, 0.1) is 29.2 Å². The van der Waals surface area contributed by atoms with Crippen LogP contribution in [0.1, 0.15) is 68.1 Å². The molecule has 10 heteroatoms. The fourth-order valence-electron chi connectivity index (χ4n) is 10.6. The first kappa shape index (κ1) is 27.0. The van der Waals surface area contributed by atoms with Gasteiger partial charge in [0.1, 0.15) is 17.9 Å². The molecular formula is C32H37FN2O7. The first-order valence-electron chi connectivity index (χ1n) is 15.0. The quantitative estimate of drug-likeness (QED) is 0.534. The lowest BCUT2D eigenvalue weighted by Crippen LogP contribution is -2.72. The van der Waals surface area contributed by atoms with Crippen molar-refractivity contribution >= 4 is 12.0 Å². The van der Waals surface area contributed by atoms with Gasteiger partial charge in [-0.25, -0.2) is 13.9 Å². The summed E-state index contributed by atoms with van der Waals surface area (Å²) in [5.41, 5.74) is -0.668. The minimum atomic E-state index is -1.85. The highest BCUT2D eigenvalue weighted by molar-refractivity contribution is 5.88. The van der Waals surface area contributed by atoms with Gasteiger partial charge in [0.25, 0.3) is 0 Å². The lowest BCUT2D eigenvalue weighted by Gasteiger charge is -2.64. The van der Waals surface area contributed by atoms with Gasteiger partial charge < -0.3 is 29.2 Å². The highest BCUT2D eigenvalue weighted by atomic mass is 19.1. The number of aliphatic hydroxyl groups is 1. The Morgan fingerprint density at radius 2 is 1.98 bits per heavy atom. The number of benzene rings is 1. The number of aromatic nitrogens is 2. The van der Waals surface area contributed by atoms with E-state index in [0.717, 1.165) is 23.3 Å². The van der Waals surface area contributed by atoms with Crippen LogP contribution in [-0.4, -0.2) is 69.3 Å². The van der Waals surface area contributed by atoms with Crippen LogP contribution in [0.5, 0.6) is 0 Å². The molecule has 4 aliphatic carbocycles. The van der Waals surface area contributed by atoms with E-state index in [1.54, 1.807) is 29.1 Å². The van der Waals surface area contributed by atoms with Crippen molar-refractivity contribution in [2.75, 3.05) is 20.2 Å². The van der Waals surface area contributed by atoms with E-state index in [2.05, 4.69) is 18.9 Å². The van der Waals surface area contributed by atoms with Crippen LogP contribution in [0.2, 0.25) is 0 Å². The van der Waals surface area contributed by atoms with Gasteiger partial charge in [-0.05, 0) is 73.8 Å². The van der Waals surface area contributed by atoms with E-state index in [1.165, 1.54) is 0 Å². The molecule has 1 aromatic carbocycles. The van der Waals surface area contributed by atoms with Gasteiger partial charge in [-0.1, -0.05) is 32.4 Å². The van der Waals surface area contributed by atoms with Crippen LogP contribution in [0.4, 0.5) is 4.39 Å². The molecule has 224 valence electrons. The lowest BCUT2D eigenvalue weighted by molar-refractivity contribution is -0.279. The van der Waals surface area contributed by atoms with Gasteiger partial charge in [0.15, 0.2) is 13.6 Å². The number of fused-ring (bicyclic) bond motifs is 8. The molecule has 3 heterocycles. The maximum atomic E-state index is 18.2. The average Bonchev–Trinajstić information content (AvgIpc) is 3.73. The fourth-order valence-corrected chi connectivity index (χ4v) is 10.6. The lowest BCUT2D eigenvalue weighted by atomic mass is 9.43.